The highest BCUT2D eigenvalue weighted by Crippen LogP contribution is 2.26. The standard InChI is InChI=1S/C9H16O5/c1-3-12-8(11)4-9(2)13-6-7(5-10)14-9/h7,10H,3-6H2,1-2H3. The SMILES string of the molecule is CCOC(=O)CC1(C)OCC(CO)O1. The first-order valence-corrected chi connectivity index (χ1v) is 4.68. The Hall–Kier alpha value is -0.650. The summed E-state index contributed by atoms with van der Waals surface area (Å²) < 4.78 is 15.4. The molecule has 82 valence electrons. The average molecular weight is 204 g/mol. The summed E-state index contributed by atoms with van der Waals surface area (Å²) in [5, 5.41) is 8.81. The van der Waals surface area contributed by atoms with Gasteiger partial charge in [0.15, 0.2) is 5.79 Å². The van der Waals surface area contributed by atoms with Crippen molar-refractivity contribution in [3.8, 4) is 0 Å². The van der Waals surface area contributed by atoms with Crippen molar-refractivity contribution in [2.75, 3.05) is 19.8 Å². The summed E-state index contributed by atoms with van der Waals surface area (Å²) in [4.78, 5) is 11.2. The molecule has 1 heterocycles. The van der Waals surface area contributed by atoms with Gasteiger partial charge in [-0.25, -0.2) is 0 Å². The third kappa shape index (κ3) is 2.94. The van der Waals surface area contributed by atoms with Crippen molar-refractivity contribution >= 4 is 5.97 Å². The van der Waals surface area contributed by atoms with Crippen LogP contribution in [0.4, 0.5) is 0 Å². The van der Waals surface area contributed by atoms with E-state index in [1.165, 1.54) is 0 Å². The fourth-order valence-corrected chi connectivity index (χ4v) is 1.35. The van der Waals surface area contributed by atoms with Crippen LogP contribution in [0.2, 0.25) is 0 Å². The minimum atomic E-state index is -0.945. The molecule has 0 amide bonds. The zero-order valence-corrected chi connectivity index (χ0v) is 8.49. The molecule has 5 nitrogen and oxygen atoms in total. The van der Waals surface area contributed by atoms with Crippen molar-refractivity contribution in [1.82, 2.24) is 0 Å². The number of carbonyl (C=O) groups is 1. The second-order valence-corrected chi connectivity index (χ2v) is 3.35. The number of aliphatic hydroxyl groups is 1. The maximum absolute atomic E-state index is 11.2. The molecule has 1 aliphatic heterocycles. The van der Waals surface area contributed by atoms with Crippen LogP contribution < -0.4 is 0 Å². The number of rotatable bonds is 4. The molecule has 0 aromatic heterocycles. The van der Waals surface area contributed by atoms with Gasteiger partial charge in [0.25, 0.3) is 0 Å². The number of ether oxygens (including phenoxy) is 3. The number of hydrogen-bond donors (Lipinski definition) is 1. The van der Waals surface area contributed by atoms with Gasteiger partial charge in [0.2, 0.25) is 0 Å². The summed E-state index contributed by atoms with van der Waals surface area (Å²) in [6.45, 7) is 3.97. The molecule has 0 aliphatic carbocycles. The molecule has 1 fully saturated rings. The Morgan fingerprint density at radius 3 is 2.93 bits per heavy atom. The number of aliphatic hydroxyl groups excluding tert-OH is 1. The molecule has 0 spiro atoms. The normalized spacial score (nSPS) is 31.8. The zero-order valence-electron chi connectivity index (χ0n) is 8.49. The summed E-state index contributed by atoms with van der Waals surface area (Å²) in [5.74, 6) is -1.30. The number of hydrogen-bond acceptors (Lipinski definition) is 5. The second kappa shape index (κ2) is 4.72. The fraction of sp³-hybridized carbons (Fsp3) is 0.889. The minimum absolute atomic E-state index is 0.0529. The van der Waals surface area contributed by atoms with Crippen LogP contribution in [0.25, 0.3) is 0 Å². The van der Waals surface area contributed by atoms with Gasteiger partial charge in [-0.15, -0.1) is 0 Å². The molecule has 5 heteroatoms. The molecule has 1 rings (SSSR count). The van der Waals surface area contributed by atoms with E-state index in [9.17, 15) is 4.79 Å². The number of carbonyl (C=O) groups excluding carboxylic acids is 1. The smallest absolute Gasteiger partial charge is 0.311 e. The van der Waals surface area contributed by atoms with E-state index in [1.807, 2.05) is 0 Å². The fourth-order valence-electron chi connectivity index (χ4n) is 1.35. The Morgan fingerprint density at radius 2 is 2.43 bits per heavy atom. The minimum Gasteiger partial charge on any atom is -0.466 e. The van der Waals surface area contributed by atoms with Crippen LogP contribution in [0, 0.1) is 0 Å². The summed E-state index contributed by atoms with van der Waals surface area (Å²) in [6, 6.07) is 0. The van der Waals surface area contributed by atoms with E-state index in [2.05, 4.69) is 0 Å². The maximum Gasteiger partial charge on any atom is 0.311 e. The second-order valence-electron chi connectivity index (χ2n) is 3.35. The molecule has 1 N–H and O–H groups in total. The van der Waals surface area contributed by atoms with Crippen molar-refractivity contribution in [2.45, 2.75) is 32.2 Å². The largest absolute Gasteiger partial charge is 0.466 e. The molecule has 0 saturated carbocycles. The highest BCUT2D eigenvalue weighted by molar-refractivity contribution is 5.70. The quantitative estimate of drug-likeness (QED) is 0.656. The Kier molecular flexibility index (Phi) is 3.86. The summed E-state index contributed by atoms with van der Waals surface area (Å²) in [7, 11) is 0. The topological polar surface area (TPSA) is 65.0 Å². The summed E-state index contributed by atoms with van der Waals surface area (Å²) in [5.41, 5.74) is 0. The first-order valence-electron chi connectivity index (χ1n) is 4.68. The predicted octanol–water partition coefficient (Wildman–Crippen LogP) is 0.0635. The summed E-state index contributed by atoms with van der Waals surface area (Å²) >= 11 is 0. The number of esters is 1. The van der Waals surface area contributed by atoms with Crippen molar-refractivity contribution in [3.63, 3.8) is 0 Å². The first-order chi connectivity index (χ1) is 6.59. The summed E-state index contributed by atoms with van der Waals surface area (Å²) in [6.07, 6.45) is -0.286. The predicted molar refractivity (Wildman–Crippen MR) is 47.6 cm³/mol. The molecule has 2 atom stereocenters. The highest BCUT2D eigenvalue weighted by atomic mass is 16.7. The van der Waals surface area contributed by atoms with E-state index in [0.29, 0.717) is 13.2 Å². The van der Waals surface area contributed by atoms with Gasteiger partial charge >= 0.3 is 5.97 Å². The Balaban J connectivity index is 2.40. The van der Waals surface area contributed by atoms with Gasteiger partial charge in [0, 0.05) is 0 Å². The van der Waals surface area contributed by atoms with Gasteiger partial charge in [-0.05, 0) is 13.8 Å². The Morgan fingerprint density at radius 1 is 1.71 bits per heavy atom. The van der Waals surface area contributed by atoms with Gasteiger partial charge in [-0.2, -0.15) is 0 Å². The monoisotopic (exact) mass is 204 g/mol. The van der Waals surface area contributed by atoms with E-state index in [1.54, 1.807) is 13.8 Å². The highest BCUT2D eigenvalue weighted by Gasteiger charge is 2.39. The molecule has 1 saturated heterocycles. The average Bonchev–Trinajstić information content (AvgIpc) is 2.47. The van der Waals surface area contributed by atoms with Gasteiger partial charge in [-0.3, -0.25) is 4.79 Å². The van der Waals surface area contributed by atoms with Crippen molar-refractivity contribution in [1.29, 1.82) is 0 Å². The van der Waals surface area contributed by atoms with Crippen LogP contribution in [0.1, 0.15) is 20.3 Å². The molecular formula is C9H16O5. The van der Waals surface area contributed by atoms with Crippen LogP contribution in [0.5, 0.6) is 0 Å². The van der Waals surface area contributed by atoms with Crippen LogP contribution in [0.3, 0.4) is 0 Å². The maximum atomic E-state index is 11.2. The van der Waals surface area contributed by atoms with Crippen LogP contribution in [-0.2, 0) is 19.0 Å². The van der Waals surface area contributed by atoms with Crippen LogP contribution in [0.15, 0.2) is 0 Å². The van der Waals surface area contributed by atoms with E-state index < -0.39 is 5.79 Å². The first kappa shape index (κ1) is 11.4. The molecular weight excluding hydrogens is 188 g/mol. The third-order valence-corrected chi connectivity index (χ3v) is 1.96. The van der Waals surface area contributed by atoms with E-state index in [4.69, 9.17) is 19.3 Å². The molecule has 0 bridgehead atoms. The van der Waals surface area contributed by atoms with Gasteiger partial charge in [0.05, 0.1) is 26.2 Å². The Bertz CT molecular complexity index is 205. The molecule has 1 aliphatic rings. The van der Waals surface area contributed by atoms with Gasteiger partial charge in [0.1, 0.15) is 6.10 Å². The zero-order chi connectivity index (χ0) is 10.6. The third-order valence-electron chi connectivity index (χ3n) is 1.96. The van der Waals surface area contributed by atoms with Crippen molar-refractivity contribution in [2.24, 2.45) is 0 Å². The van der Waals surface area contributed by atoms with Crippen molar-refractivity contribution < 1.29 is 24.1 Å². The van der Waals surface area contributed by atoms with Crippen molar-refractivity contribution in [3.05, 3.63) is 0 Å². The lowest BCUT2D eigenvalue weighted by atomic mass is 10.2. The molecule has 0 aromatic carbocycles. The Labute approximate surface area is 82.9 Å². The molecule has 0 aromatic rings. The van der Waals surface area contributed by atoms with E-state index in [0.717, 1.165) is 0 Å². The lowest BCUT2D eigenvalue weighted by Gasteiger charge is -2.21. The molecule has 14 heavy (non-hydrogen) atoms. The van der Waals surface area contributed by atoms with E-state index in [-0.39, 0.29) is 25.1 Å². The molecule has 2 unspecified atom stereocenters. The lowest BCUT2D eigenvalue weighted by molar-refractivity contribution is -0.181. The van der Waals surface area contributed by atoms with Gasteiger partial charge < -0.3 is 19.3 Å². The van der Waals surface area contributed by atoms with Gasteiger partial charge in [-0.1, -0.05) is 0 Å². The van der Waals surface area contributed by atoms with Crippen LogP contribution in [-0.4, -0.2) is 42.8 Å². The van der Waals surface area contributed by atoms with Crippen LogP contribution >= 0.6 is 0 Å². The lowest BCUT2D eigenvalue weighted by Crippen LogP contribution is -2.31. The molecule has 0 radical (unpaired) electrons. The van der Waals surface area contributed by atoms with E-state index >= 15 is 0 Å².